The monoisotopic (exact) mass is 348 g/mol. The normalized spacial score (nSPS) is 11.4. The van der Waals surface area contributed by atoms with Crippen molar-refractivity contribution in [1.82, 2.24) is 9.97 Å². The Labute approximate surface area is 144 Å². The number of esters is 1. The number of para-hydroxylation sites is 1. The largest absolute Gasteiger partial charge is 0.452 e. The maximum Gasteiger partial charge on any atom is 0.308 e. The van der Waals surface area contributed by atoms with Gasteiger partial charge in [0.1, 0.15) is 0 Å². The summed E-state index contributed by atoms with van der Waals surface area (Å²) in [6.45, 7) is 1.81. The first-order chi connectivity index (χ1) is 11.6. The fraction of sp³-hybridized carbons (Fsp3) is 0.250. The lowest BCUT2D eigenvalue weighted by Crippen LogP contribution is -2.30. The van der Waals surface area contributed by atoms with Crippen molar-refractivity contribution in [2.45, 2.75) is 19.4 Å². The van der Waals surface area contributed by atoms with E-state index >= 15 is 0 Å². The Balaban J connectivity index is 1.74. The first-order valence-electron chi connectivity index (χ1n) is 7.32. The van der Waals surface area contributed by atoms with Crippen molar-refractivity contribution in [3.8, 4) is 0 Å². The van der Waals surface area contributed by atoms with Gasteiger partial charge in [0.25, 0.3) is 5.91 Å². The average molecular weight is 349 g/mol. The van der Waals surface area contributed by atoms with Crippen LogP contribution >= 0.6 is 11.6 Å². The predicted octanol–water partition coefficient (Wildman–Crippen LogP) is 2.50. The summed E-state index contributed by atoms with van der Waals surface area (Å²) >= 11 is 5.96. The van der Waals surface area contributed by atoms with Crippen molar-refractivity contribution in [3.05, 3.63) is 47.7 Å². The molecular weight excluding hydrogens is 332 g/mol. The Morgan fingerprint density at radius 3 is 2.62 bits per heavy atom. The molecule has 2 rings (SSSR count). The van der Waals surface area contributed by atoms with Gasteiger partial charge in [-0.2, -0.15) is 0 Å². The summed E-state index contributed by atoms with van der Waals surface area (Å²) in [6, 6.07) is 8.52. The Hall–Kier alpha value is -2.67. The molecule has 0 aliphatic carbocycles. The number of hydrogen-bond donors (Lipinski definition) is 2. The van der Waals surface area contributed by atoms with Crippen molar-refractivity contribution in [2.24, 2.45) is 0 Å². The van der Waals surface area contributed by atoms with E-state index in [1.165, 1.54) is 6.92 Å². The molecule has 0 aliphatic heterocycles. The first kappa shape index (κ1) is 17.7. The molecule has 2 N–H and O–H groups in total. The van der Waals surface area contributed by atoms with E-state index in [2.05, 4.69) is 20.6 Å². The van der Waals surface area contributed by atoms with E-state index in [0.717, 1.165) is 0 Å². The lowest BCUT2D eigenvalue weighted by Gasteiger charge is -2.14. The summed E-state index contributed by atoms with van der Waals surface area (Å²) in [5.41, 5.74) is 0.468. The van der Waals surface area contributed by atoms with Crippen molar-refractivity contribution in [1.29, 1.82) is 0 Å². The number of aromatic nitrogens is 2. The zero-order valence-electron chi connectivity index (χ0n) is 13.0. The fourth-order valence-electron chi connectivity index (χ4n) is 1.77. The molecule has 0 saturated carbocycles. The highest BCUT2D eigenvalue weighted by Gasteiger charge is 2.18. The molecule has 0 spiro atoms. The van der Waals surface area contributed by atoms with E-state index in [9.17, 15) is 9.59 Å². The minimum atomic E-state index is -0.929. The van der Waals surface area contributed by atoms with Crippen LogP contribution in [0.1, 0.15) is 13.3 Å². The molecule has 1 amide bonds. The first-order valence-corrected chi connectivity index (χ1v) is 7.70. The van der Waals surface area contributed by atoms with Gasteiger partial charge < -0.3 is 15.4 Å². The number of benzene rings is 1. The smallest absolute Gasteiger partial charge is 0.308 e. The minimum Gasteiger partial charge on any atom is -0.452 e. The van der Waals surface area contributed by atoms with E-state index < -0.39 is 18.0 Å². The van der Waals surface area contributed by atoms with Gasteiger partial charge in [-0.05, 0) is 25.1 Å². The zero-order chi connectivity index (χ0) is 17.4. The third-order valence-corrected chi connectivity index (χ3v) is 3.32. The molecule has 0 fully saturated rings. The molecule has 0 aliphatic rings. The molecule has 1 atom stereocenters. The number of nitrogens with zero attached hydrogens (tertiary/aromatic N) is 2. The second-order valence-corrected chi connectivity index (χ2v) is 5.26. The lowest BCUT2D eigenvalue weighted by molar-refractivity contribution is -0.152. The van der Waals surface area contributed by atoms with E-state index in [1.807, 2.05) is 0 Å². The Morgan fingerprint density at radius 1 is 1.21 bits per heavy atom. The topological polar surface area (TPSA) is 93.2 Å². The molecule has 1 heterocycles. The molecule has 7 nitrogen and oxygen atoms in total. The van der Waals surface area contributed by atoms with Gasteiger partial charge in [0, 0.05) is 18.9 Å². The van der Waals surface area contributed by atoms with Crippen LogP contribution in [0.15, 0.2) is 42.7 Å². The Kier molecular flexibility index (Phi) is 6.51. The summed E-state index contributed by atoms with van der Waals surface area (Å²) in [5, 5.41) is 5.91. The van der Waals surface area contributed by atoms with Crippen LogP contribution < -0.4 is 10.6 Å². The quantitative estimate of drug-likeness (QED) is 0.747. The van der Waals surface area contributed by atoms with E-state index in [4.69, 9.17) is 16.3 Å². The van der Waals surface area contributed by atoms with Crippen molar-refractivity contribution in [2.75, 3.05) is 17.2 Å². The zero-order valence-corrected chi connectivity index (χ0v) is 13.8. The molecule has 0 radical (unpaired) electrons. The highest BCUT2D eigenvalue weighted by Crippen LogP contribution is 2.20. The van der Waals surface area contributed by atoms with Crippen LogP contribution in [0.5, 0.6) is 0 Å². The number of nitrogens with one attached hydrogen (secondary N) is 2. The third-order valence-electron chi connectivity index (χ3n) is 2.99. The third kappa shape index (κ3) is 5.51. The number of rotatable bonds is 7. The molecule has 1 aromatic heterocycles. The van der Waals surface area contributed by atoms with Crippen molar-refractivity contribution < 1.29 is 14.3 Å². The van der Waals surface area contributed by atoms with Gasteiger partial charge in [-0.25, -0.2) is 9.97 Å². The molecule has 2 aromatic rings. The van der Waals surface area contributed by atoms with Crippen molar-refractivity contribution >= 4 is 35.1 Å². The molecule has 126 valence electrons. The van der Waals surface area contributed by atoms with Crippen LogP contribution in [0.4, 0.5) is 11.6 Å². The van der Waals surface area contributed by atoms with E-state index in [1.54, 1.807) is 42.7 Å². The van der Waals surface area contributed by atoms with Crippen LogP contribution in [0.2, 0.25) is 5.02 Å². The molecule has 24 heavy (non-hydrogen) atoms. The van der Waals surface area contributed by atoms with Gasteiger partial charge in [-0.15, -0.1) is 0 Å². The fourth-order valence-corrected chi connectivity index (χ4v) is 1.96. The SMILES string of the molecule is CC(OC(=O)CCNc1ncccn1)C(=O)Nc1ccccc1Cl. The second kappa shape index (κ2) is 8.83. The van der Waals surface area contributed by atoms with Gasteiger partial charge in [0.2, 0.25) is 5.95 Å². The van der Waals surface area contributed by atoms with Crippen LogP contribution in [0.25, 0.3) is 0 Å². The summed E-state index contributed by atoms with van der Waals surface area (Å²) in [7, 11) is 0. The molecule has 1 unspecified atom stereocenters. The molecule has 0 saturated heterocycles. The van der Waals surface area contributed by atoms with E-state index in [0.29, 0.717) is 23.2 Å². The molecular formula is C16H17ClN4O3. The van der Waals surface area contributed by atoms with Crippen molar-refractivity contribution in [3.63, 3.8) is 0 Å². The molecule has 8 heteroatoms. The Morgan fingerprint density at radius 2 is 1.92 bits per heavy atom. The second-order valence-electron chi connectivity index (χ2n) is 4.85. The lowest BCUT2D eigenvalue weighted by atomic mass is 10.3. The number of carbonyl (C=O) groups excluding carboxylic acids is 2. The minimum absolute atomic E-state index is 0.0853. The van der Waals surface area contributed by atoms with Gasteiger partial charge in [0.05, 0.1) is 17.1 Å². The standard InChI is InChI=1S/C16H17ClN4O3/c1-11(15(23)21-13-6-3-2-5-12(13)17)24-14(22)7-10-20-16-18-8-4-9-19-16/h2-6,8-9,11H,7,10H2,1H3,(H,21,23)(H,18,19,20). The highest BCUT2D eigenvalue weighted by molar-refractivity contribution is 6.33. The summed E-state index contributed by atoms with van der Waals surface area (Å²) in [6.07, 6.45) is 2.34. The maximum absolute atomic E-state index is 12.0. The molecule has 0 bridgehead atoms. The number of amides is 1. The maximum atomic E-state index is 12.0. The summed E-state index contributed by atoms with van der Waals surface area (Å²) < 4.78 is 5.09. The van der Waals surface area contributed by atoms with Gasteiger partial charge in [-0.1, -0.05) is 23.7 Å². The van der Waals surface area contributed by atoms with Gasteiger partial charge >= 0.3 is 5.97 Å². The summed E-state index contributed by atoms with van der Waals surface area (Å²) in [5.74, 6) is -0.522. The van der Waals surface area contributed by atoms with Gasteiger partial charge in [0.15, 0.2) is 6.10 Å². The Bertz CT molecular complexity index is 697. The number of anilines is 2. The number of hydrogen-bond acceptors (Lipinski definition) is 6. The average Bonchev–Trinajstić information content (AvgIpc) is 2.57. The number of halogens is 1. The van der Waals surface area contributed by atoms with Crippen LogP contribution in [0, 0.1) is 0 Å². The predicted molar refractivity (Wildman–Crippen MR) is 90.8 cm³/mol. The highest BCUT2D eigenvalue weighted by atomic mass is 35.5. The van der Waals surface area contributed by atoms with E-state index in [-0.39, 0.29) is 6.42 Å². The number of carbonyl (C=O) groups is 2. The number of ether oxygens (including phenoxy) is 1. The van der Waals surface area contributed by atoms with Gasteiger partial charge in [-0.3, -0.25) is 9.59 Å². The molecule has 1 aromatic carbocycles. The van der Waals surface area contributed by atoms with Crippen LogP contribution in [-0.2, 0) is 14.3 Å². The van der Waals surface area contributed by atoms with Crippen LogP contribution in [0.3, 0.4) is 0 Å². The van der Waals surface area contributed by atoms with Crippen LogP contribution in [-0.4, -0.2) is 34.5 Å². The summed E-state index contributed by atoms with van der Waals surface area (Å²) in [4.78, 5) is 31.7.